The first-order chi connectivity index (χ1) is 8.66. The Morgan fingerprint density at radius 3 is 2.72 bits per heavy atom. The van der Waals surface area contributed by atoms with E-state index in [-0.39, 0.29) is 11.7 Å². The van der Waals surface area contributed by atoms with Crippen LogP contribution >= 0.6 is 11.8 Å². The third-order valence-electron chi connectivity index (χ3n) is 2.19. The van der Waals surface area contributed by atoms with Gasteiger partial charge in [0.2, 0.25) is 5.95 Å². The van der Waals surface area contributed by atoms with Gasteiger partial charge in [0.25, 0.3) is 0 Å². The van der Waals surface area contributed by atoms with Crippen molar-refractivity contribution in [1.29, 1.82) is 0 Å². The number of nitrogen functional groups attached to an aromatic ring is 1. The number of aromatic nitrogens is 2. The zero-order valence-electron chi connectivity index (χ0n) is 9.41. The molecule has 0 aliphatic carbocycles. The molecule has 0 radical (unpaired) electrons. The summed E-state index contributed by atoms with van der Waals surface area (Å²) >= 11 is 1.13. The predicted molar refractivity (Wildman–Crippen MR) is 70.2 cm³/mol. The zero-order chi connectivity index (χ0) is 13.0. The van der Waals surface area contributed by atoms with Crippen LogP contribution in [0.25, 0.3) is 11.1 Å². The molecule has 0 atom stereocenters. The van der Waals surface area contributed by atoms with E-state index in [9.17, 15) is 4.79 Å². The van der Waals surface area contributed by atoms with Gasteiger partial charge in [-0.3, -0.25) is 4.79 Å². The number of hydrogen-bond donors (Lipinski definition) is 2. The fourth-order valence-corrected chi connectivity index (χ4v) is 2.18. The SMILES string of the molecule is Nc1ncc(-c2ccccc2)c(SCC(=O)O)n1. The van der Waals surface area contributed by atoms with Gasteiger partial charge in [0.15, 0.2) is 0 Å². The Kier molecular flexibility index (Phi) is 3.78. The molecule has 0 aliphatic heterocycles. The highest BCUT2D eigenvalue weighted by Gasteiger charge is 2.10. The van der Waals surface area contributed by atoms with Gasteiger partial charge in [-0.1, -0.05) is 42.1 Å². The first kappa shape index (κ1) is 12.4. The van der Waals surface area contributed by atoms with Crippen molar-refractivity contribution in [2.75, 3.05) is 11.5 Å². The van der Waals surface area contributed by atoms with Gasteiger partial charge in [-0.15, -0.1) is 0 Å². The lowest BCUT2D eigenvalue weighted by Gasteiger charge is -2.07. The molecular weight excluding hydrogens is 250 g/mol. The molecule has 5 nitrogen and oxygen atoms in total. The topological polar surface area (TPSA) is 89.1 Å². The summed E-state index contributed by atoms with van der Waals surface area (Å²) in [4.78, 5) is 18.6. The molecular formula is C12H11N3O2S. The van der Waals surface area contributed by atoms with E-state index in [1.807, 2.05) is 30.3 Å². The predicted octanol–water partition coefficient (Wildman–Crippen LogP) is 1.90. The molecule has 0 saturated heterocycles. The van der Waals surface area contributed by atoms with Gasteiger partial charge in [-0.2, -0.15) is 0 Å². The fraction of sp³-hybridized carbons (Fsp3) is 0.0833. The largest absolute Gasteiger partial charge is 0.481 e. The van der Waals surface area contributed by atoms with Crippen molar-refractivity contribution in [1.82, 2.24) is 9.97 Å². The second-order valence-electron chi connectivity index (χ2n) is 3.50. The van der Waals surface area contributed by atoms with Crippen LogP contribution in [0.1, 0.15) is 0 Å². The Hall–Kier alpha value is -2.08. The van der Waals surface area contributed by atoms with Crippen LogP contribution in [-0.2, 0) is 4.79 Å². The molecule has 0 bridgehead atoms. The minimum Gasteiger partial charge on any atom is -0.481 e. The van der Waals surface area contributed by atoms with Crippen LogP contribution in [0, 0.1) is 0 Å². The maximum atomic E-state index is 10.6. The number of nitrogens with zero attached hydrogens (tertiary/aromatic N) is 2. The normalized spacial score (nSPS) is 10.2. The highest BCUT2D eigenvalue weighted by Crippen LogP contribution is 2.29. The van der Waals surface area contributed by atoms with Crippen molar-refractivity contribution < 1.29 is 9.90 Å². The number of hydrogen-bond acceptors (Lipinski definition) is 5. The second-order valence-corrected chi connectivity index (χ2v) is 4.46. The minimum atomic E-state index is -0.892. The molecule has 2 aromatic rings. The third kappa shape index (κ3) is 2.98. The van der Waals surface area contributed by atoms with Crippen LogP contribution in [0.4, 0.5) is 5.95 Å². The number of carbonyl (C=O) groups is 1. The maximum Gasteiger partial charge on any atom is 0.313 e. The van der Waals surface area contributed by atoms with Gasteiger partial charge in [-0.25, -0.2) is 9.97 Å². The summed E-state index contributed by atoms with van der Waals surface area (Å²) in [5, 5.41) is 9.29. The Bertz CT molecular complexity index is 561. The van der Waals surface area contributed by atoms with Crippen LogP contribution in [0.2, 0.25) is 0 Å². The summed E-state index contributed by atoms with van der Waals surface area (Å²) in [5.41, 5.74) is 7.25. The molecule has 0 spiro atoms. The lowest BCUT2D eigenvalue weighted by Crippen LogP contribution is -2.02. The second kappa shape index (κ2) is 5.50. The van der Waals surface area contributed by atoms with Crippen LogP contribution in [-0.4, -0.2) is 26.8 Å². The van der Waals surface area contributed by atoms with E-state index in [1.165, 1.54) is 0 Å². The zero-order valence-corrected chi connectivity index (χ0v) is 10.2. The lowest BCUT2D eigenvalue weighted by molar-refractivity contribution is -0.133. The lowest BCUT2D eigenvalue weighted by atomic mass is 10.1. The summed E-state index contributed by atoms with van der Waals surface area (Å²) in [6.07, 6.45) is 1.61. The number of carboxylic acids is 1. The van der Waals surface area contributed by atoms with Gasteiger partial charge in [0, 0.05) is 11.8 Å². The van der Waals surface area contributed by atoms with Crippen LogP contribution in [0.15, 0.2) is 41.6 Å². The van der Waals surface area contributed by atoms with E-state index in [0.29, 0.717) is 5.03 Å². The average molecular weight is 261 g/mol. The summed E-state index contributed by atoms with van der Waals surface area (Å²) in [6, 6.07) is 9.54. The number of benzene rings is 1. The standard InChI is InChI=1S/C12H11N3O2S/c13-12-14-6-9(8-4-2-1-3-5-8)11(15-12)18-7-10(16)17/h1-6H,7H2,(H,16,17)(H2,13,14,15). The average Bonchev–Trinajstić information content (AvgIpc) is 2.37. The number of aliphatic carboxylic acids is 1. The van der Waals surface area contributed by atoms with E-state index in [4.69, 9.17) is 10.8 Å². The van der Waals surface area contributed by atoms with Gasteiger partial charge in [-0.05, 0) is 5.56 Å². The van der Waals surface area contributed by atoms with E-state index in [0.717, 1.165) is 22.9 Å². The molecule has 3 N–H and O–H groups in total. The van der Waals surface area contributed by atoms with Crippen molar-refractivity contribution in [2.24, 2.45) is 0 Å². The summed E-state index contributed by atoms with van der Waals surface area (Å²) in [7, 11) is 0. The van der Waals surface area contributed by atoms with E-state index in [1.54, 1.807) is 6.20 Å². The van der Waals surface area contributed by atoms with Crippen molar-refractivity contribution in [3.05, 3.63) is 36.5 Å². The third-order valence-corrected chi connectivity index (χ3v) is 3.17. The summed E-state index contributed by atoms with van der Waals surface area (Å²) < 4.78 is 0. The van der Waals surface area contributed by atoms with Crippen molar-refractivity contribution in [3.8, 4) is 11.1 Å². The quantitative estimate of drug-likeness (QED) is 0.645. The molecule has 0 saturated carbocycles. The Balaban J connectivity index is 2.37. The number of thioether (sulfide) groups is 1. The fourth-order valence-electron chi connectivity index (χ4n) is 1.43. The van der Waals surface area contributed by atoms with Crippen molar-refractivity contribution >= 4 is 23.7 Å². The maximum absolute atomic E-state index is 10.6. The monoisotopic (exact) mass is 261 g/mol. The minimum absolute atomic E-state index is 0.0592. The van der Waals surface area contributed by atoms with Gasteiger partial charge >= 0.3 is 5.97 Å². The number of carboxylic acid groups (broad SMARTS) is 1. The van der Waals surface area contributed by atoms with E-state index < -0.39 is 5.97 Å². The first-order valence-corrected chi connectivity index (χ1v) is 6.18. The smallest absolute Gasteiger partial charge is 0.313 e. The van der Waals surface area contributed by atoms with Gasteiger partial charge in [0.1, 0.15) is 5.03 Å². The van der Waals surface area contributed by atoms with Crippen molar-refractivity contribution in [3.63, 3.8) is 0 Å². The molecule has 6 heteroatoms. The number of nitrogens with two attached hydrogens (primary N) is 1. The Morgan fingerprint density at radius 2 is 2.06 bits per heavy atom. The van der Waals surface area contributed by atoms with Crippen LogP contribution in [0.3, 0.4) is 0 Å². The van der Waals surface area contributed by atoms with Crippen molar-refractivity contribution in [2.45, 2.75) is 5.03 Å². The molecule has 92 valence electrons. The van der Waals surface area contributed by atoms with E-state index >= 15 is 0 Å². The molecule has 1 heterocycles. The molecule has 2 rings (SSSR count). The van der Waals surface area contributed by atoms with Gasteiger partial charge < -0.3 is 10.8 Å². The number of anilines is 1. The Morgan fingerprint density at radius 1 is 1.33 bits per heavy atom. The molecule has 1 aromatic heterocycles. The molecule has 0 unspecified atom stereocenters. The molecule has 1 aromatic carbocycles. The van der Waals surface area contributed by atoms with Gasteiger partial charge in [0.05, 0.1) is 5.75 Å². The summed E-state index contributed by atoms with van der Waals surface area (Å²) in [6.45, 7) is 0. The highest BCUT2D eigenvalue weighted by atomic mass is 32.2. The first-order valence-electron chi connectivity index (χ1n) is 5.19. The molecule has 0 aliphatic rings. The molecule has 0 fully saturated rings. The summed E-state index contributed by atoms with van der Waals surface area (Å²) in [5.74, 6) is -0.810. The molecule has 18 heavy (non-hydrogen) atoms. The number of rotatable bonds is 4. The highest BCUT2D eigenvalue weighted by molar-refractivity contribution is 8.00. The van der Waals surface area contributed by atoms with Crippen LogP contribution < -0.4 is 5.73 Å². The van der Waals surface area contributed by atoms with E-state index in [2.05, 4.69) is 9.97 Å². The molecule has 0 amide bonds. The van der Waals surface area contributed by atoms with Crippen LogP contribution in [0.5, 0.6) is 0 Å². The Labute approximate surface area is 108 Å².